The van der Waals surface area contributed by atoms with Gasteiger partial charge in [0.05, 0.1) is 9.82 Å². The lowest BCUT2D eigenvalue weighted by atomic mass is 9.56. The Hall–Kier alpha value is -1.76. The maximum atomic E-state index is 12.8. The molecule has 0 amide bonds. The zero-order valence-corrected chi connectivity index (χ0v) is 14.2. The van der Waals surface area contributed by atoms with Crippen LogP contribution in [0.25, 0.3) is 0 Å². The summed E-state index contributed by atoms with van der Waals surface area (Å²) in [5.41, 5.74) is 0.814. The van der Waals surface area contributed by atoms with E-state index in [1.165, 1.54) is 24.3 Å². The number of benzene rings is 1. The summed E-state index contributed by atoms with van der Waals surface area (Å²) in [5.74, 6) is 0. The van der Waals surface area contributed by atoms with Crippen LogP contribution in [0.4, 0.5) is 5.69 Å². The second kappa shape index (κ2) is 5.12. The molecule has 0 aromatic heterocycles. The molecule has 7 heteroatoms. The molecule has 3 aliphatic carbocycles. The van der Waals surface area contributed by atoms with Gasteiger partial charge in [-0.25, -0.2) is 0 Å². The third kappa shape index (κ3) is 2.37. The fourth-order valence-corrected chi connectivity index (χ4v) is 5.61. The number of sulfonamides is 1. The van der Waals surface area contributed by atoms with Crippen LogP contribution < -0.4 is 0 Å². The molecule has 0 N–H and O–H groups in total. The molecule has 1 aromatic rings. The minimum atomic E-state index is -3.82. The maximum Gasteiger partial charge on any atom is 0.282 e. The first-order chi connectivity index (χ1) is 11.4. The Morgan fingerprint density at radius 2 is 1.42 bits per heavy atom. The van der Waals surface area contributed by atoms with Crippen molar-refractivity contribution < 1.29 is 13.3 Å². The predicted octanol–water partition coefficient (Wildman–Crippen LogP) is 3.86. The minimum absolute atomic E-state index is 0.00258. The summed E-state index contributed by atoms with van der Waals surface area (Å²) in [4.78, 5) is 10.2. The SMILES string of the molecule is O=[N+]([O-])c1ccc(S(=O)(=O)/N=C2\C3(CCC3)CCCC23CC3)cc1. The van der Waals surface area contributed by atoms with E-state index >= 15 is 0 Å². The molecule has 0 atom stereocenters. The summed E-state index contributed by atoms with van der Waals surface area (Å²) < 4.78 is 29.9. The molecule has 3 fully saturated rings. The van der Waals surface area contributed by atoms with Crippen LogP contribution in [-0.4, -0.2) is 19.1 Å². The zero-order valence-electron chi connectivity index (χ0n) is 13.4. The maximum absolute atomic E-state index is 12.8. The molecule has 3 saturated carbocycles. The van der Waals surface area contributed by atoms with Gasteiger partial charge in [-0.15, -0.1) is 0 Å². The second-order valence-corrected chi connectivity index (χ2v) is 9.04. The van der Waals surface area contributed by atoms with E-state index in [0.29, 0.717) is 0 Å². The molecular formula is C17H20N2O4S. The van der Waals surface area contributed by atoms with Gasteiger partial charge < -0.3 is 0 Å². The van der Waals surface area contributed by atoms with Crippen molar-refractivity contribution in [2.45, 2.75) is 56.3 Å². The van der Waals surface area contributed by atoms with Crippen LogP contribution in [0.3, 0.4) is 0 Å². The van der Waals surface area contributed by atoms with Gasteiger partial charge in [0.1, 0.15) is 0 Å². The highest BCUT2D eigenvalue weighted by Gasteiger charge is 2.59. The number of nitro groups is 1. The fourth-order valence-electron chi connectivity index (χ4n) is 4.40. The molecule has 0 heterocycles. The van der Waals surface area contributed by atoms with Gasteiger partial charge in [0.15, 0.2) is 0 Å². The van der Waals surface area contributed by atoms with Crippen molar-refractivity contribution in [1.82, 2.24) is 0 Å². The standard InChI is InChI=1S/C17H20N2O4S/c20-19(21)13-3-5-14(6-4-13)24(22,23)18-15-16(7-1-8-16)9-2-10-17(15)11-12-17/h3-6H,1-2,7-12H2/b18-15+. The third-order valence-electron chi connectivity index (χ3n) is 6.04. The lowest BCUT2D eigenvalue weighted by molar-refractivity contribution is -0.384. The molecular weight excluding hydrogens is 328 g/mol. The predicted molar refractivity (Wildman–Crippen MR) is 89.5 cm³/mol. The van der Waals surface area contributed by atoms with Crippen molar-refractivity contribution in [2.24, 2.45) is 15.2 Å². The van der Waals surface area contributed by atoms with Crippen LogP contribution in [0.5, 0.6) is 0 Å². The highest BCUT2D eigenvalue weighted by Crippen LogP contribution is 2.64. The number of hydrogen-bond donors (Lipinski definition) is 0. The van der Waals surface area contributed by atoms with Gasteiger partial charge in [-0.05, 0) is 50.7 Å². The Kier molecular flexibility index (Phi) is 3.36. The first-order valence-corrected chi connectivity index (χ1v) is 9.92. The van der Waals surface area contributed by atoms with Crippen LogP contribution in [-0.2, 0) is 10.0 Å². The van der Waals surface area contributed by atoms with Gasteiger partial charge in [-0.2, -0.15) is 12.8 Å². The summed E-state index contributed by atoms with van der Waals surface area (Å²) in [7, 11) is -3.82. The van der Waals surface area contributed by atoms with Crippen LogP contribution in [0, 0.1) is 20.9 Å². The molecule has 4 rings (SSSR count). The lowest BCUT2D eigenvalue weighted by Gasteiger charge is -2.49. The first kappa shape index (κ1) is 15.7. The third-order valence-corrected chi connectivity index (χ3v) is 7.33. The van der Waals surface area contributed by atoms with Crippen molar-refractivity contribution >= 4 is 21.4 Å². The van der Waals surface area contributed by atoms with E-state index in [1.54, 1.807) is 0 Å². The largest absolute Gasteiger partial charge is 0.282 e. The van der Waals surface area contributed by atoms with Crippen LogP contribution >= 0.6 is 0 Å². The van der Waals surface area contributed by atoms with Crippen molar-refractivity contribution in [3.63, 3.8) is 0 Å². The van der Waals surface area contributed by atoms with Crippen LogP contribution in [0.15, 0.2) is 33.6 Å². The van der Waals surface area contributed by atoms with Gasteiger partial charge in [-0.3, -0.25) is 10.1 Å². The van der Waals surface area contributed by atoms with E-state index in [1.807, 2.05) is 0 Å². The molecule has 0 radical (unpaired) electrons. The zero-order chi connectivity index (χ0) is 17.0. The summed E-state index contributed by atoms with van der Waals surface area (Å²) >= 11 is 0. The molecule has 1 aromatic carbocycles. The first-order valence-electron chi connectivity index (χ1n) is 8.48. The Balaban J connectivity index is 1.73. The van der Waals surface area contributed by atoms with Crippen LogP contribution in [0.1, 0.15) is 51.4 Å². The van der Waals surface area contributed by atoms with E-state index in [2.05, 4.69) is 4.40 Å². The number of nitro benzene ring substituents is 1. The average molecular weight is 348 g/mol. The van der Waals surface area contributed by atoms with E-state index in [9.17, 15) is 18.5 Å². The molecule has 0 saturated heterocycles. The number of non-ortho nitro benzene ring substituents is 1. The summed E-state index contributed by atoms with van der Waals surface area (Å²) in [6, 6.07) is 5.01. The second-order valence-electron chi connectivity index (χ2n) is 7.43. The quantitative estimate of drug-likeness (QED) is 0.613. The molecule has 24 heavy (non-hydrogen) atoms. The highest BCUT2D eigenvalue weighted by molar-refractivity contribution is 7.90. The van der Waals surface area contributed by atoms with Crippen molar-refractivity contribution in [3.05, 3.63) is 34.4 Å². The molecule has 2 spiro atoms. The molecule has 6 nitrogen and oxygen atoms in total. The number of rotatable bonds is 3. The van der Waals surface area contributed by atoms with Crippen molar-refractivity contribution in [1.29, 1.82) is 0 Å². The van der Waals surface area contributed by atoms with Crippen LogP contribution in [0.2, 0.25) is 0 Å². The molecule has 128 valence electrons. The normalized spacial score (nSPS) is 25.6. The van der Waals surface area contributed by atoms with Gasteiger partial charge in [0.2, 0.25) is 0 Å². The van der Waals surface area contributed by atoms with Gasteiger partial charge in [0.25, 0.3) is 15.7 Å². The summed E-state index contributed by atoms with van der Waals surface area (Å²) in [5, 5.41) is 10.7. The van der Waals surface area contributed by atoms with Gasteiger partial charge in [-0.1, -0.05) is 12.8 Å². The van der Waals surface area contributed by atoms with Crippen molar-refractivity contribution in [2.75, 3.05) is 0 Å². The summed E-state index contributed by atoms with van der Waals surface area (Å²) in [6.07, 6.45) is 8.58. The Bertz CT molecular complexity index is 819. The summed E-state index contributed by atoms with van der Waals surface area (Å²) in [6.45, 7) is 0. The Morgan fingerprint density at radius 3 is 1.88 bits per heavy atom. The highest BCUT2D eigenvalue weighted by atomic mass is 32.2. The van der Waals surface area contributed by atoms with E-state index < -0.39 is 14.9 Å². The van der Waals surface area contributed by atoms with E-state index in [0.717, 1.165) is 57.1 Å². The van der Waals surface area contributed by atoms with E-state index in [-0.39, 0.29) is 21.4 Å². The van der Waals surface area contributed by atoms with E-state index in [4.69, 9.17) is 0 Å². The topological polar surface area (TPSA) is 89.6 Å². The molecule has 0 bridgehead atoms. The van der Waals surface area contributed by atoms with Crippen molar-refractivity contribution in [3.8, 4) is 0 Å². The fraction of sp³-hybridized carbons (Fsp3) is 0.588. The van der Waals surface area contributed by atoms with Gasteiger partial charge >= 0.3 is 0 Å². The minimum Gasteiger partial charge on any atom is -0.258 e. The number of hydrogen-bond acceptors (Lipinski definition) is 4. The average Bonchev–Trinajstić information content (AvgIpc) is 3.28. The number of nitrogens with zero attached hydrogens (tertiary/aromatic N) is 2. The molecule has 0 aliphatic heterocycles. The monoisotopic (exact) mass is 348 g/mol. The molecule has 3 aliphatic rings. The Morgan fingerprint density at radius 1 is 0.917 bits per heavy atom. The van der Waals surface area contributed by atoms with Gasteiger partial charge in [0, 0.05) is 28.7 Å². The Labute approximate surface area is 141 Å². The smallest absolute Gasteiger partial charge is 0.258 e. The molecule has 0 unspecified atom stereocenters. The lowest BCUT2D eigenvalue weighted by Crippen LogP contribution is -2.46.